The predicted molar refractivity (Wildman–Crippen MR) is 70.7 cm³/mol. The van der Waals surface area contributed by atoms with Gasteiger partial charge in [0.15, 0.2) is 0 Å². The van der Waals surface area contributed by atoms with E-state index in [0.29, 0.717) is 22.9 Å². The first-order chi connectivity index (χ1) is 8.01. The zero-order valence-electron chi connectivity index (χ0n) is 10.6. The van der Waals surface area contributed by atoms with Crippen molar-refractivity contribution in [3.8, 4) is 5.75 Å². The maximum absolute atomic E-state index is 10.4. The van der Waals surface area contributed by atoms with Gasteiger partial charge in [0, 0.05) is 17.1 Å². The second-order valence-corrected chi connectivity index (χ2v) is 4.73. The van der Waals surface area contributed by atoms with E-state index in [1.807, 2.05) is 0 Å². The molecule has 0 bridgehead atoms. The molecule has 0 heterocycles. The lowest BCUT2D eigenvalue weighted by molar-refractivity contribution is 0.0546. The van der Waals surface area contributed by atoms with Gasteiger partial charge in [-0.15, -0.1) is 0 Å². The van der Waals surface area contributed by atoms with Crippen LogP contribution in [-0.4, -0.2) is 25.3 Å². The van der Waals surface area contributed by atoms with Crippen LogP contribution in [0.2, 0.25) is 5.02 Å². The van der Waals surface area contributed by atoms with Crippen molar-refractivity contribution in [1.29, 1.82) is 0 Å². The number of nitrogens with one attached hydrogen (secondary N) is 1. The van der Waals surface area contributed by atoms with E-state index in [2.05, 4.69) is 12.2 Å². The molecule has 1 aromatic carbocycles. The summed E-state index contributed by atoms with van der Waals surface area (Å²) in [6.07, 6.45) is 1.03. The zero-order valence-corrected chi connectivity index (χ0v) is 11.3. The molecule has 1 rings (SSSR count). The number of rotatable bonds is 6. The molecule has 1 aromatic rings. The minimum absolute atomic E-state index is 0.470. The molecule has 3 nitrogen and oxygen atoms in total. The fraction of sp³-hybridized carbons (Fsp3) is 0.538. The topological polar surface area (TPSA) is 41.5 Å². The lowest BCUT2D eigenvalue weighted by Crippen LogP contribution is -2.36. The van der Waals surface area contributed by atoms with Crippen LogP contribution in [-0.2, 0) is 5.60 Å². The molecule has 0 aromatic heterocycles. The van der Waals surface area contributed by atoms with Crippen molar-refractivity contribution in [3.63, 3.8) is 0 Å². The van der Waals surface area contributed by atoms with E-state index in [9.17, 15) is 5.11 Å². The van der Waals surface area contributed by atoms with Crippen LogP contribution in [0.15, 0.2) is 18.2 Å². The molecule has 1 unspecified atom stereocenters. The average molecular weight is 258 g/mol. The minimum Gasteiger partial charge on any atom is -0.496 e. The minimum atomic E-state index is -0.995. The second-order valence-electron chi connectivity index (χ2n) is 4.30. The van der Waals surface area contributed by atoms with Crippen LogP contribution in [0.4, 0.5) is 0 Å². The van der Waals surface area contributed by atoms with Crippen molar-refractivity contribution in [2.75, 3.05) is 20.2 Å². The Morgan fingerprint density at radius 2 is 2.18 bits per heavy atom. The summed E-state index contributed by atoms with van der Waals surface area (Å²) in [4.78, 5) is 0. The Morgan fingerprint density at radius 1 is 1.47 bits per heavy atom. The summed E-state index contributed by atoms with van der Waals surface area (Å²) in [6.45, 7) is 5.18. The molecule has 0 saturated heterocycles. The Bertz CT molecular complexity index is 366. The summed E-state index contributed by atoms with van der Waals surface area (Å²) in [5, 5.41) is 14.2. The Hall–Kier alpha value is -0.770. The molecule has 0 radical (unpaired) electrons. The predicted octanol–water partition coefficient (Wildman–Crippen LogP) is 2.56. The van der Waals surface area contributed by atoms with E-state index in [1.165, 1.54) is 0 Å². The Balaban J connectivity index is 2.91. The van der Waals surface area contributed by atoms with E-state index in [0.717, 1.165) is 13.0 Å². The van der Waals surface area contributed by atoms with E-state index in [1.54, 1.807) is 32.2 Å². The van der Waals surface area contributed by atoms with Crippen LogP contribution in [0, 0.1) is 0 Å². The largest absolute Gasteiger partial charge is 0.496 e. The summed E-state index contributed by atoms with van der Waals surface area (Å²) in [5.41, 5.74) is -0.290. The first-order valence-electron chi connectivity index (χ1n) is 5.78. The first kappa shape index (κ1) is 14.3. The highest BCUT2D eigenvalue weighted by Gasteiger charge is 2.26. The number of halogens is 1. The number of hydrogen-bond donors (Lipinski definition) is 2. The highest BCUT2D eigenvalue weighted by Crippen LogP contribution is 2.31. The Labute approximate surface area is 108 Å². The SMILES string of the molecule is CCCNCC(C)(O)c1cc(Cl)ccc1OC. The molecular weight excluding hydrogens is 238 g/mol. The van der Waals surface area contributed by atoms with E-state index in [4.69, 9.17) is 16.3 Å². The van der Waals surface area contributed by atoms with Gasteiger partial charge in [0.2, 0.25) is 0 Å². The molecule has 2 N–H and O–H groups in total. The molecule has 0 saturated carbocycles. The molecule has 17 heavy (non-hydrogen) atoms. The van der Waals surface area contributed by atoms with Crippen LogP contribution in [0.25, 0.3) is 0 Å². The number of aliphatic hydroxyl groups is 1. The third-order valence-corrected chi connectivity index (χ3v) is 2.87. The zero-order chi connectivity index (χ0) is 12.9. The summed E-state index contributed by atoms with van der Waals surface area (Å²) in [7, 11) is 1.59. The standard InChI is InChI=1S/C13H20ClNO2/c1-4-7-15-9-13(2,16)11-8-10(14)5-6-12(11)17-3/h5-6,8,15-16H,4,7,9H2,1-3H3. The number of benzene rings is 1. The summed E-state index contributed by atoms with van der Waals surface area (Å²) in [6, 6.07) is 5.26. The van der Waals surface area contributed by atoms with Gasteiger partial charge in [0.25, 0.3) is 0 Å². The summed E-state index contributed by atoms with van der Waals surface area (Å²) < 4.78 is 5.25. The highest BCUT2D eigenvalue weighted by atomic mass is 35.5. The monoisotopic (exact) mass is 257 g/mol. The number of ether oxygens (including phenoxy) is 1. The van der Waals surface area contributed by atoms with Gasteiger partial charge in [-0.05, 0) is 38.1 Å². The quantitative estimate of drug-likeness (QED) is 0.770. The van der Waals surface area contributed by atoms with Gasteiger partial charge in [0.05, 0.1) is 7.11 Å². The van der Waals surface area contributed by atoms with E-state index >= 15 is 0 Å². The van der Waals surface area contributed by atoms with E-state index < -0.39 is 5.60 Å². The summed E-state index contributed by atoms with van der Waals surface area (Å²) in [5.74, 6) is 0.651. The molecule has 0 aliphatic rings. The van der Waals surface area contributed by atoms with Gasteiger partial charge in [-0.1, -0.05) is 18.5 Å². The van der Waals surface area contributed by atoms with Crippen LogP contribution in [0.5, 0.6) is 5.75 Å². The third kappa shape index (κ3) is 3.87. The molecule has 0 amide bonds. The molecule has 1 atom stereocenters. The molecular formula is C13H20ClNO2. The third-order valence-electron chi connectivity index (χ3n) is 2.64. The van der Waals surface area contributed by atoms with Crippen LogP contribution in [0.1, 0.15) is 25.8 Å². The van der Waals surface area contributed by atoms with Crippen molar-refractivity contribution in [2.24, 2.45) is 0 Å². The van der Waals surface area contributed by atoms with Gasteiger partial charge >= 0.3 is 0 Å². The first-order valence-corrected chi connectivity index (χ1v) is 6.16. The van der Waals surface area contributed by atoms with Crippen molar-refractivity contribution in [2.45, 2.75) is 25.9 Å². The fourth-order valence-corrected chi connectivity index (χ4v) is 1.88. The van der Waals surface area contributed by atoms with E-state index in [-0.39, 0.29) is 0 Å². The fourth-order valence-electron chi connectivity index (χ4n) is 1.70. The molecule has 0 aliphatic heterocycles. The van der Waals surface area contributed by atoms with Gasteiger partial charge in [-0.2, -0.15) is 0 Å². The maximum Gasteiger partial charge on any atom is 0.125 e. The molecule has 96 valence electrons. The second kappa shape index (κ2) is 6.24. The Morgan fingerprint density at radius 3 is 2.76 bits per heavy atom. The smallest absolute Gasteiger partial charge is 0.125 e. The van der Waals surface area contributed by atoms with Crippen molar-refractivity contribution >= 4 is 11.6 Å². The van der Waals surface area contributed by atoms with Crippen molar-refractivity contribution in [1.82, 2.24) is 5.32 Å². The van der Waals surface area contributed by atoms with Crippen LogP contribution in [0.3, 0.4) is 0 Å². The Kier molecular flexibility index (Phi) is 5.25. The molecule has 4 heteroatoms. The normalized spacial score (nSPS) is 14.4. The number of methoxy groups -OCH3 is 1. The van der Waals surface area contributed by atoms with Crippen molar-refractivity contribution < 1.29 is 9.84 Å². The summed E-state index contributed by atoms with van der Waals surface area (Å²) >= 11 is 5.95. The van der Waals surface area contributed by atoms with Crippen LogP contribution >= 0.6 is 11.6 Å². The molecule has 0 spiro atoms. The van der Waals surface area contributed by atoms with Gasteiger partial charge in [0.1, 0.15) is 11.4 Å². The highest BCUT2D eigenvalue weighted by molar-refractivity contribution is 6.30. The average Bonchev–Trinajstić information content (AvgIpc) is 2.29. The molecule has 0 aliphatic carbocycles. The van der Waals surface area contributed by atoms with Crippen LogP contribution < -0.4 is 10.1 Å². The maximum atomic E-state index is 10.4. The molecule has 0 fully saturated rings. The van der Waals surface area contributed by atoms with Gasteiger partial charge in [-0.3, -0.25) is 0 Å². The lowest BCUT2D eigenvalue weighted by atomic mass is 9.95. The van der Waals surface area contributed by atoms with Gasteiger partial charge < -0.3 is 15.2 Å². The van der Waals surface area contributed by atoms with Gasteiger partial charge in [-0.25, -0.2) is 0 Å². The lowest BCUT2D eigenvalue weighted by Gasteiger charge is -2.26. The number of hydrogen-bond acceptors (Lipinski definition) is 3. The van der Waals surface area contributed by atoms with Crippen molar-refractivity contribution in [3.05, 3.63) is 28.8 Å².